The standard InChI is InChI=1S/C17H24ClN3O2S.ClH/c1-11(2)9-20-17(23)14-4-3-12(7-15(14)18)21-16(22)8-13-10-24-6-5-19-13;/h3-4,7,11,13,19H,5-6,8-10H2,1-2H3,(H,20,23)(H,21,22);1H. The summed E-state index contributed by atoms with van der Waals surface area (Å²) in [6.07, 6.45) is 0.432. The monoisotopic (exact) mass is 405 g/mol. The molecule has 8 heteroatoms. The predicted octanol–water partition coefficient (Wildman–Crippen LogP) is 3.18. The van der Waals surface area contributed by atoms with E-state index in [1.54, 1.807) is 18.2 Å². The molecule has 5 nitrogen and oxygen atoms in total. The number of hydrogen-bond donors (Lipinski definition) is 3. The van der Waals surface area contributed by atoms with E-state index in [0.717, 1.165) is 18.1 Å². The second kappa shape index (κ2) is 10.9. The minimum atomic E-state index is -0.199. The van der Waals surface area contributed by atoms with E-state index in [0.29, 0.717) is 35.2 Å². The Morgan fingerprint density at radius 2 is 2.16 bits per heavy atom. The van der Waals surface area contributed by atoms with Crippen LogP contribution in [0, 0.1) is 5.92 Å². The normalized spacial score (nSPS) is 16.9. The fourth-order valence-corrected chi connectivity index (χ4v) is 3.57. The number of carbonyl (C=O) groups excluding carboxylic acids is 2. The van der Waals surface area contributed by atoms with Gasteiger partial charge in [-0.1, -0.05) is 25.4 Å². The minimum absolute atomic E-state index is 0. The quantitative estimate of drug-likeness (QED) is 0.679. The molecule has 1 fully saturated rings. The maximum Gasteiger partial charge on any atom is 0.252 e. The molecule has 1 saturated heterocycles. The van der Waals surface area contributed by atoms with E-state index in [1.807, 2.05) is 25.6 Å². The Morgan fingerprint density at radius 3 is 2.76 bits per heavy atom. The third-order valence-corrected chi connectivity index (χ3v) is 5.04. The summed E-state index contributed by atoms with van der Waals surface area (Å²) in [7, 11) is 0. The lowest BCUT2D eigenvalue weighted by Crippen LogP contribution is -2.39. The van der Waals surface area contributed by atoms with Crippen LogP contribution < -0.4 is 16.0 Å². The van der Waals surface area contributed by atoms with Crippen LogP contribution in [0.4, 0.5) is 5.69 Å². The summed E-state index contributed by atoms with van der Waals surface area (Å²) in [4.78, 5) is 24.2. The summed E-state index contributed by atoms with van der Waals surface area (Å²) in [6, 6.07) is 5.17. The molecule has 1 atom stereocenters. The Hall–Kier alpha value is -0.950. The molecule has 140 valence electrons. The van der Waals surface area contributed by atoms with E-state index in [9.17, 15) is 9.59 Å². The number of anilines is 1. The van der Waals surface area contributed by atoms with Gasteiger partial charge in [0.2, 0.25) is 5.91 Å². The van der Waals surface area contributed by atoms with Crippen LogP contribution in [0.3, 0.4) is 0 Å². The zero-order chi connectivity index (χ0) is 17.5. The average Bonchev–Trinajstić information content (AvgIpc) is 2.53. The topological polar surface area (TPSA) is 70.2 Å². The van der Waals surface area contributed by atoms with Crippen LogP contribution in [0.5, 0.6) is 0 Å². The molecular weight excluding hydrogens is 381 g/mol. The molecule has 2 rings (SSSR count). The Morgan fingerprint density at radius 1 is 1.40 bits per heavy atom. The number of amides is 2. The van der Waals surface area contributed by atoms with Gasteiger partial charge in [0, 0.05) is 42.7 Å². The van der Waals surface area contributed by atoms with Gasteiger partial charge < -0.3 is 16.0 Å². The lowest BCUT2D eigenvalue weighted by atomic mass is 10.1. The molecule has 1 aliphatic rings. The Labute approximate surface area is 164 Å². The van der Waals surface area contributed by atoms with E-state index in [1.165, 1.54) is 0 Å². The van der Waals surface area contributed by atoms with Crippen molar-refractivity contribution < 1.29 is 9.59 Å². The predicted molar refractivity (Wildman–Crippen MR) is 108 cm³/mol. The zero-order valence-electron chi connectivity index (χ0n) is 14.4. The van der Waals surface area contributed by atoms with Crippen LogP contribution in [0.15, 0.2) is 18.2 Å². The SMILES string of the molecule is CC(C)CNC(=O)c1ccc(NC(=O)CC2CSCCN2)cc1Cl.Cl. The van der Waals surface area contributed by atoms with Crippen LogP contribution in [0.1, 0.15) is 30.6 Å². The summed E-state index contributed by atoms with van der Waals surface area (Å²) in [6.45, 7) is 5.59. The summed E-state index contributed by atoms with van der Waals surface area (Å²) < 4.78 is 0. The molecule has 0 radical (unpaired) electrons. The van der Waals surface area contributed by atoms with Gasteiger partial charge in [0.15, 0.2) is 0 Å². The number of rotatable bonds is 6. The highest BCUT2D eigenvalue weighted by Gasteiger charge is 2.17. The molecule has 0 bridgehead atoms. The van der Waals surface area contributed by atoms with Gasteiger partial charge in [0.25, 0.3) is 5.91 Å². The molecule has 1 heterocycles. The second-order valence-electron chi connectivity index (χ2n) is 6.28. The maximum atomic E-state index is 12.1. The van der Waals surface area contributed by atoms with Gasteiger partial charge in [0.05, 0.1) is 10.6 Å². The molecule has 1 unspecified atom stereocenters. The first-order chi connectivity index (χ1) is 11.5. The van der Waals surface area contributed by atoms with Crippen molar-refractivity contribution in [1.29, 1.82) is 0 Å². The van der Waals surface area contributed by atoms with Crippen molar-refractivity contribution in [3.05, 3.63) is 28.8 Å². The fraction of sp³-hybridized carbons (Fsp3) is 0.529. The number of benzene rings is 1. The average molecular weight is 406 g/mol. The van der Waals surface area contributed by atoms with Gasteiger partial charge in [-0.05, 0) is 24.1 Å². The van der Waals surface area contributed by atoms with Crippen LogP contribution in [-0.2, 0) is 4.79 Å². The Kier molecular flexibility index (Phi) is 9.64. The summed E-state index contributed by atoms with van der Waals surface area (Å²) in [5, 5.41) is 9.34. The van der Waals surface area contributed by atoms with Crippen molar-refractivity contribution in [1.82, 2.24) is 10.6 Å². The summed E-state index contributed by atoms with van der Waals surface area (Å²) in [5.41, 5.74) is 1.02. The largest absolute Gasteiger partial charge is 0.352 e. The summed E-state index contributed by atoms with van der Waals surface area (Å²) >= 11 is 8.04. The van der Waals surface area contributed by atoms with Crippen molar-refractivity contribution in [3.63, 3.8) is 0 Å². The van der Waals surface area contributed by atoms with Crippen molar-refractivity contribution >= 4 is 53.3 Å². The number of hydrogen-bond acceptors (Lipinski definition) is 4. The molecular formula is C17H25Cl2N3O2S. The number of halogens is 2. The molecule has 3 N–H and O–H groups in total. The minimum Gasteiger partial charge on any atom is -0.352 e. The van der Waals surface area contributed by atoms with Gasteiger partial charge in [0.1, 0.15) is 0 Å². The molecule has 2 amide bonds. The van der Waals surface area contributed by atoms with E-state index < -0.39 is 0 Å². The number of nitrogens with one attached hydrogen (secondary N) is 3. The first-order valence-corrected chi connectivity index (χ1v) is 9.67. The van der Waals surface area contributed by atoms with Gasteiger partial charge in [-0.15, -0.1) is 12.4 Å². The summed E-state index contributed by atoms with van der Waals surface area (Å²) in [5.74, 6) is 2.16. The molecule has 0 aromatic heterocycles. The Balaban J connectivity index is 0.00000312. The highest BCUT2D eigenvalue weighted by molar-refractivity contribution is 7.99. The van der Waals surface area contributed by atoms with Crippen LogP contribution in [-0.4, -0.2) is 42.5 Å². The lowest BCUT2D eigenvalue weighted by molar-refractivity contribution is -0.116. The van der Waals surface area contributed by atoms with Crippen molar-refractivity contribution in [2.75, 3.05) is 29.9 Å². The van der Waals surface area contributed by atoms with E-state index >= 15 is 0 Å². The molecule has 0 saturated carbocycles. The lowest BCUT2D eigenvalue weighted by Gasteiger charge is -2.22. The molecule has 1 aromatic carbocycles. The van der Waals surface area contributed by atoms with Crippen LogP contribution in [0.25, 0.3) is 0 Å². The fourth-order valence-electron chi connectivity index (χ4n) is 2.36. The van der Waals surface area contributed by atoms with Gasteiger partial charge in [-0.25, -0.2) is 0 Å². The molecule has 1 aromatic rings. The van der Waals surface area contributed by atoms with Gasteiger partial charge >= 0.3 is 0 Å². The van der Waals surface area contributed by atoms with Gasteiger partial charge in [-0.3, -0.25) is 9.59 Å². The third-order valence-electron chi connectivity index (χ3n) is 3.60. The second-order valence-corrected chi connectivity index (χ2v) is 7.83. The number of thioether (sulfide) groups is 1. The third kappa shape index (κ3) is 7.44. The molecule has 0 aliphatic carbocycles. The van der Waals surface area contributed by atoms with Crippen molar-refractivity contribution in [2.24, 2.45) is 5.92 Å². The van der Waals surface area contributed by atoms with Crippen LogP contribution >= 0.6 is 35.8 Å². The molecule has 25 heavy (non-hydrogen) atoms. The first kappa shape index (κ1) is 22.1. The van der Waals surface area contributed by atoms with Crippen molar-refractivity contribution in [2.45, 2.75) is 26.3 Å². The van der Waals surface area contributed by atoms with E-state index in [-0.39, 0.29) is 30.3 Å². The highest BCUT2D eigenvalue weighted by Crippen LogP contribution is 2.21. The number of carbonyl (C=O) groups is 2. The van der Waals surface area contributed by atoms with Gasteiger partial charge in [-0.2, -0.15) is 11.8 Å². The molecule has 0 spiro atoms. The highest BCUT2D eigenvalue weighted by atomic mass is 35.5. The van der Waals surface area contributed by atoms with E-state index in [2.05, 4.69) is 16.0 Å². The van der Waals surface area contributed by atoms with Crippen molar-refractivity contribution in [3.8, 4) is 0 Å². The van der Waals surface area contributed by atoms with E-state index in [4.69, 9.17) is 11.6 Å². The Bertz CT molecular complexity index is 593. The zero-order valence-corrected chi connectivity index (χ0v) is 16.8. The molecule has 1 aliphatic heterocycles. The first-order valence-electron chi connectivity index (χ1n) is 8.14. The smallest absolute Gasteiger partial charge is 0.252 e. The maximum absolute atomic E-state index is 12.1. The van der Waals surface area contributed by atoms with Crippen LogP contribution in [0.2, 0.25) is 5.02 Å².